The van der Waals surface area contributed by atoms with Crippen LogP contribution in [-0.4, -0.2) is 43.6 Å². The molecule has 5 nitrogen and oxygen atoms in total. The normalized spacial score (nSPS) is 43.3. The Morgan fingerprint density at radius 1 is 1.09 bits per heavy atom. The molecule has 5 aliphatic rings. The van der Waals surface area contributed by atoms with Gasteiger partial charge in [-0.25, -0.2) is 0 Å². The zero-order valence-corrected chi connectivity index (χ0v) is 20.6. The molecule has 3 fully saturated rings. The van der Waals surface area contributed by atoms with Crippen molar-refractivity contribution in [1.82, 2.24) is 0 Å². The van der Waals surface area contributed by atoms with Gasteiger partial charge in [0.1, 0.15) is 0 Å². The molecule has 0 aromatic heterocycles. The van der Waals surface area contributed by atoms with Crippen LogP contribution in [0, 0.1) is 35.0 Å². The van der Waals surface area contributed by atoms with E-state index in [1.807, 2.05) is 20.3 Å². The van der Waals surface area contributed by atoms with Crippen molar-refractivity contribution in [2.24, 2.45) is 40.2 Å². The van der Waals surface area contributed by atoms with E-state index in [4.69, 9.17) is 14.7 Å². The second-order valence-electron chi connectivity index (χ2n) is 11.7. The summed E-state index contributed by atoms with van der Waals surface area (Å²) in [6, 6.07) is 0. The third kappa shape index (κ3) is 3.65. The van der Waals surface area contributed by atoms with E-state index < -0.39 is 0 Å². The number of methoxy groups -OCH3 is 2. The van der Waals surface area contributed by atoms with Crippen molar-refractivity contribution in [3.05, 3.63) is 22.8 Å². The fourth-order valence-electron chi connectivity index (χ4n) is 8.88. The minimum Gasteiger partial charge on any atom is -0.411 e. The number of ketones is 1. The van der Waals surface area contributed by atoms with Gasteiger partial charge in [-0.05, 0) is 111 Å². The highest BCUT2D eigenvalue weighted by Gasteiger charge is 2.64. The van der Waals surface area contributed by atoms with E-state index in [1.54, 1.807) is 17.4 Å². The van der Waals surface area contributed by atoms with E-state index in [2.05, 4.69) is 12.1 Å². The molecule has 0 aliphatic heterocycles. The van der Waals surface area contributed by atoms with Gasteiger partial charge in [-0.1, -0.05) is 12.5 Å². The van der Waals surface area contributed by atoms with Gasteiger partial charge in [-0.2, -0.15) is 0 Å². The number of oxime groups is 1. The van der Waals surface area contributed by atoms with Gasteiger partial charge in [0.15, 0.2) is 5.78 Å². The lowest BCUT2D eigenvalue weighted by Gasteiger charge is -2.57. The van der Waals surface area contributed by atoms with E-state index in [-0.39, 0.29) is 11.0 Å². The third-order valence-corrected chi connectivity index (χ3v) is 10.5. The van der Waals surface area contributed by atoms with Crippen molar-refractivity contribution < 1.29 is 19.5 Å². The van der Waals surface area contributed by atoms with Crippen molar-refractivity contribution in [2.45, 2.75) is 83.2 Å². The highest BCUT2D eigenvalue weighted by Crippen LogP contribution is 2.67. The topological polar surface area (TPSA) is 68.1 Å². The number of carbonyl (C=O) groups is 1. The molecule has 5 rings (SSSR count). The Morgan fingerprint density at radius 3 is 2.58 bits per heavy atom. The van der Waals surface area contributed by atoms with Crippen molar-refractivity contribution in [1.29, 1.82) is 0 Å². The summed E-state index contributed by atoms with van der Waals surface area (Å²) >= 11 is 0. The summed E-state index contributed by atoms with van der Waals surface area (Å²) in [5.41, 5.74) is 4.52. The quantitative estimate of drug-likeness (QED) is 0.327. The first-order chi connectivity index (χ1) is 16.0. The SMILES string of the molecule is COC[C@]1(OC)CCC2C3CCC4=CC(=O)CCC4=C3[C@@H](C3CCC(/C=N/O)CC3)C[C@@]21C. The first-order valence-corrected chi connectivity index (χ1v) is 13.1. The lowest BCUT2D eigenvalue weighted by atomic mass is 9.49. The van der Waals surface area contributed by atoms with Gasteiger partial charge in [0.25, 0.3) is 0 Å². The van der Waals surface area contributed by atoms with E-state index in [0.29, 0.717) is 48.4 Å². The molecule has 5 atom stereocenters. The Labute approximate surface area is 198 Å². The maximum atomic E-state index is 12.2. The average Bonchev–Trinajstić information content (AvgIpc) is 3.11. The van der Waals surface area contributed by atoms with E-state index >= 15 is 0 Å². The van der Waals surface area contributed by atoms with Crippen molar-refractivity contribution in [3.8, 4) is 0 Å². The smallest absolute Gasteiger partial charge is 0.156 e. The standard InChI is InChI=1S/C28H41NO4/c1-27-15-24(19-6-4-18(5-7-19)16-29-31)26-22-11-9-21(30)14-20(22)8-10-23(26)25(27)12-13-28(27,33-3)17-32-2/h14,16,18-19,23-25,31H,4-13,15,17H2,1-3H3/b29-16+/t18?,19?,23?,24-,25?,27+,28-/m1/s1. The van der Waals surface area contributed by atoms with Gasteiger partial charge in [0.2, 0.25) is 0 Å². The van der Waals surface area contributed by atoms with Crippen LogP contribution in [-0.2, 0) is 14.3 Å². The van der Waals surface area contributed by atoms with E-state index in [0.717, 1.165) is 38.5 Å². The molecule has 0 spiro atoms. The minimum atomic E-state index is -0.208. The number of ether oxygens (including phenoxy) is 2. The second-order valence-corrected chi connectivity index (χ2v) is 11.7. The zero-order chi connectivity index (χ0) is 23.2. The Morgan fingerprint density at radius 2 is 1.88 bits per heavy atom. The highest BCUT2D eigenvalue weighted by atomic mass is 16.5. The highest BCUT2D eigenvalue weighted by molar-refractivity contribution is 5.93. The van der Waals surface area contributed by atoms with Crippen LogP contribution in [0.5, 0.6) is 0 Å². The lowest BCUT2D eigenvalue weighted by Crippen LogP contribution is -2.56. The molecule has 0 radical (unpaired) electrons. The zero-order valence-electron chi connectivity index (χ0n) is 20.6. The third-order valence-electron chi connectivity index (χ3n) is 10.5. The van der Waals surface area contributed by atoms with Crippen LogP contribution in [0.2, 0.25) is 0 Å². The molecule has 0 amide bonds. The van der Waals surface area contributed by atoms with Crippen LogP contribution in [0.15, 0.2) is 28.0 Å². The molecule has 2 unspecified atom stereocenters. The van der Waals surface area contributed by atoms with Gasteiger partial charge < -0.3 is 14.7 Å². The van der Waals surface area contributed by atoms with Crippen LogP contribution in [0.3, 0.4) is 0 Å². The van der Waals surface area contributed by atoms with Gasteiger partial charge >= 0.3 is 0 Å². The summed E-state index contributed by atoms with van der Waals surface area (Å²) in [6.07, 6.45) is 15.6. The number of hydrogen-bond donors (Lipinski definition) is 1. The summed E-state index contributed by atoms with van der Waals surface area (Å²) in [5.74, 6) is 3.17. The molecular weight excluding hydrogens is 414 g/mol. The fourth-order valence-corrected chi connectivity index (χ4v) is 8.88. The number of rotatable bonds is 5. The van der Waals surface area contributed by atoms with Crippen LogP contribution in [0.1, 0.15) is 77.6 Å². The number of hydrogen-bond acceptors (Lipinski definition) is 5. The number of carbonyl (C=O) groups excluding carboxylic acids is 1. The number of allylic oxidation sites excluding steroid dienone is 4. The van der Waals surface area contributed by atoms with Crippen LogP contribution < -0.4 is 0 Å². The molecule has 0 aromatic rings. The molecule has 33 heavy (non-hydrogen) atoms. The van der Waals surface area contributed by atoms with E-state index in [1.165, 1.54) is 31.3 Å². The molecule has 0 saturated heterocycles. The summed E-state index contributed by atoms with van der Waals surface area (Å²) in [6.45, 7) is 3.17. The van der Waals surface area contributed by atoms with Crippen LogP contribution in [0.25, 0.3) is 0 Å². The Hall–Kier alpha value is -1.46. The lowest BCUT2D eigenvalue weighted by molar-refractivity contribution is -0.156. The number of fused-ring (bicyclic) bond motifs is 4. The summed E-state index contributed by atoms with van der Waals surface area (Å²) in [4.78, 5) is 12.2. The molecule has 1 N–H and O–H groups in total. The van der Waals surface area contributed by atoms with Gasteiger partial charge in [0.05, 0.1) is 12.2 Å². The van der Waals surface area contributed by atoms with Crippen molar-refractivity contribution in [3.63, 3.8) is 0 Å². The van der Waals surface area contributed by atoms with Gasteiger partial charge in [0, 0.05) is 32.3 Å². The fraction of sp³-hybridized carbons (Fsp3) is 0.786. The minimum absolute atomic E-state index is 0.103. The number of nitrogens with zero attached hydrogens (tertiary/aromatic N) is 1. The molecule has 0 heterocycles. The average molecular weight is 456 g/mol. The molecule has 3 saturated carbocycles. The van der Waals surface area contributed by atoms with E-state index in [9.17, 15) is 4.79 Å². The molecular formula is C28H41NO4. The van der Waals surface area contributed by atoms with Gasteiger partial charge in [-0.15, -0.1) is 5.16 Å². The van der Waals surface area contributed by atoms with Crippen molar-refractivity contribution in [2.75, 3.05) is 20.8 Å². The molecule has 5 aliphatic carbocycles. The first kappa shape index (κ1) is 23.3. The Balaban J connectivity index is 1.56. The first-order valence-electron chi connectivity index (χ1n) is 13.1. The predicted molar refractivity (Wildman–Crippen MR) is 128 cm³/mol. The van der Waals surface area contributed by atoms with Crippen LogP contribution in [0.4, 0.5) is 0 Å². The Bertz CT molecular complexity index is 867. The monoisotopic (exact) mass is 455 g/mol. The second kappa shape index (κ2) is 8.96. The molecule has 0 bridgehead atoms. The Kier molecular flexibility index (Phi) is 6.32. The summed E-state index contributed by atoms with van der Waals surface area (Å²) in [7, 11) is 3.70. The predicted octanol–water partition coefficient (Wildman–Crippen LogP) is 5.72. The molecule has 5 heteroatoms. The summed E-state index contributed by atoms with van der Waals surface area (Å²) in [5, 5.41) is 12.3. The summed E-state index contributed by atoms with van der Waals surface area (Å²) < 4.78 is 12.1. The van der Waals surface area contributed by atoms with Crippen LogP contribution >= 0.6 is 0 Å². The van der Waals surface area contributed by atoms with Crippen molar-refractivity contribution >= 4 is 12.0 Å². The maximum absolute atomic E-state index is 12.2. The van der Waals surface area contributed by atoms with Gasteiger partial charge in [-0.3, -0.25) is 4.79 Å². The maximum Gasteiger partial charge on any atom is 0.156 e. The molecule has 182 valence electrons. The largest absolute Gasteiger partial charge is 0.411 e. The molecule has 0 aromatic carbocycles.